The Morgan fingerprint density at radius 3 is 2.86 bits per heavy atom. The molecular weight excluding hydrogens is 272 g/mol. The topological polar surface area (TPSA) is 82.8 Å². The monoisotopic (exact) mass is 292 g/mol. The Morgan fingerprint density at radius 2 is 2.24 bits per heavy atom. The van der Waals surface area contributed by atoms with Gasteiger partial charge in [0.1, 0.15) is 6.04 Å². The number of rotatable bonds is 4. The maximum Gasteiger partial charge on any atom is 0.290 e. The molecule has 2 N–H and O–H groups in total. The van der Waals surface area contributed by atoms with Crippen LogP contribution in [0.5, 0.6) is 0 Å². The summed E-state index contributed by atoms with van der Waals surface area (Å²) in [5.74, 6) is -0.181. The lowest BCUT2D eigenvalue weighted by atomic mass is 9.80. The number of nitrogens with one attached hydrogen (secondary N) is 1. The fraction of sp³-hybridized carbons (Fsp3) is 0.600. The second kappa shape index (κ2) is 5.52. The first-order valence-corrected chi connectivity index (χ1v) is 7.44. The maximum atomic E-state index is 12.3. The molecule has 0 spiro atoms. The highest BCUT2D eigenvalue weighted by molar-refractivity contribution is 5.95. The summed E-state index contributed by atoms with van der Waals surface area (Å²) in [6, 6.07) is 2.79. The molecule has 2 amide bonds. The highest BCUT2D eigenvalue weighted by Crippen LogP contribution is 2.30. The van der Waals surface area contributed by atoms with Crippen LogP contribution in [0.1, 0.15) is 42.7 Å². The first-order valence-electron chi connectivity index (χ1n) is 7.44. The number of hydrogen-bond acceptors (Lipinski definition) is 4. The van der Waals surface area contributed by atoms with Crippen molar-refractivity contribution in [1.29, 1.82) is 0 Å². The number of amides is 2. The van der Waals surface area contributed by atoms with Crippen LogP contribution >= 0.6 is 0 Å². The zero-order chi connectivity index (χ0) is 14.9. The van der Waals surface area contributed by atoms with Crippen LogP contribution in [0.15, 0.2) is 22.8 Å². The minimum absolute atomic E-state index is 0.187. The molecule has 1 saturated carbocycles. The Hall–Kier alpha value is -1.82. The van der Waals surface area contributed by atoms with E-state index in [-0.39, 0.29) is 24.1 Å². The highest BCUT2D eigenvalue weighted by Gasteiger charge is 2.38. The molecule has 1 aromatic rings. The average molecular weight is 292 g/mol. The van der Waals surface area contributed by atoms with E-state index in [0.29, 0.717) is 13.0 Å². The summed E-state index contributed by atoms with van der Waals surface area (Å²) in [7, 11) is 0. The normalized spacial score (nSPS) is 23.7. The predicted molar refractivity (Wildman–Crippen MR) is 74.6 cm³/mol. The molecule has 2 aliphatic rings. The van der Waals surface area contributed by atoms with Crippen molar-refractivity contribution in [2.45, 2.75) is 43.7 Å². The van der Waals surface area contributed by atoms with Crippen molar-refractivity contribution in [1.82, 2.24) is 10.2 Å². The van der Waals surface area contributed by atoms with Gasteiger partial charge in [-0.3, -0.25) is 9.59 Å². The van der Waals surface area contributed by atoms with Gasteiger partial charge in [0, 0.05) is 13.1 Å². The van der Waals surface area contributed by atoms with Gasteiger partial charge in [0.05, 0.1) is 11.9 Å². The molecule has 3 rings (SSSR count). The summed E-state index contributed by atoms with van der Waals surface area (Å²) in [6.07, 6.45) is 5.36. The van der Waals surface area contributed by atoms with Crippen LogP contribution in [0, 0.1) is 0 Å². The summed E-state index contributed by atoms with van der Waals surface area (Å²) >= 11 is 0. The molecule has 1 aromatic heterocycles. The fourth-order valence-corrected chi connectivity index (χ4v) is 2.96. The summed E-state index contributed by atoms with van der Waals surface area (Å²) in [5.41, 5.74) is -0.746. The minimum atomic E-state index is -0.746. The molecule has 2 fully saturated rings. The van der Waals surface area contributed by atoms with E-state index in [1.165, 1.54) is 6.26 Å². The largest absolute Gasteiger partial charge is 0.459 e. The van der Waals surface area contributed by atoms with Crippen LogP contribution in [0.25, 0.3) is 0 Å². The van der Waals surface area contributed by atoms with Crippen LogP contribution in [-0.4, -0.2) is 46.6 Å². The van der Waals surface area contributed by atoms with Crippen LogP contribution in [0.3, 0.4) is 0 Å². The predicted octanol–water partition coefficient (Wildman–Crippen LogP) is 0.915. The van der Waals surface area contributed by atoms with Gasteiger partial charge in [0.15, 0.2) is 5.76 Å². The second-order valence-electron chi connectivity index (χ2n) is 5.93. The third kappa shape index (κ3) is 2.81. The van der Waals surface area contributed by atoms with Crippen LogP contribution in [0.4, 0.5) is 0 Å². The van der Waals surface area contributed by atoms with Gasteiger partial charge in [0.2, 0.25) is 5.91 Å². The van der Waals surface area contributed by atoms with Crippen molar-refractivity contribution in [3.8, 4) is 0 Å². The molecular formula is C15H20N2O4. The van der Waals surface area contributed by atoms with Gasteiger partial charge in [-0.25, -0.2) is 0 Å². The average Bonchev–Trinajstić information content (AvgIpc) is 3.12. The van der Waals surface area contributed by atoms with Crippen molar-refractivity contribution < 1.29 is 19.1 Å². The Labute approximate surface area is 123 Å². The summed E-state index contributed by atoms with van der Waals surface area (Å²) in [5, 5.41) is 12.8. The van der Waals surface area contributed by atoms with Crippen molar-refractivity contribution in [2.75, 3.05) is 13.1 Å². The number of aliphatic hydroxyl groups is 1. The maximum absolute atomic E-state index is 12.3. The quantitative estimate of drug-likeness (QED) is 0.864. The van der Waals surface area contributed by atoms with Crippen LogP contribution in [0.2, 0.25) is 0 Å². The van der Waals surface area contributed by atoms with E-state index in [0.717, 1.165) is 25.7 Å². The smallest absolute Gasteiger partial charge is 0.290 e. The Bertz CT molecular complexity index is 522. The van der Waals surface area contributed by atoms with Crippen LogP contribution < -0.4 is 5.32 Å². The van der Waals surface area contributed by atoms with Gasteiger partial charge >= 0.3 is 0 Å². The molecule has 6 heteroatoms. The fourth-order valence-electron chi connectivity index (χ4n) is 2.96. The molecule has 1 saturated heterocycles. The molecule has 1 unspecified atom stereocenters. The van der Waals surface area contributed by atoms with E-state index in [4.69, 9.17) is 4.42 Å². The molecule has 1 atom stereocenters. The Morgan fingerprint density at radius 1 is 1.43 bits per heavy atom. The van der Waals surface area contributed by atoms with Gasteiger partial charge in [-0.2, -0.15) is 0 Å². The summed E-state index contributed by atoms with van der Waals surface area (Å²) < 4.78 is 5.11. The molecule has 2 heterocycles. The number of nitrogens with zero attached hydrogens (tertiary/aromatic N) is 1. The van der Waals surface area contributed by atoms with Crippen molar-refractivity contribution in [3.05, 3.63) is 24.2 Å². The van der Waals surface area contributed by atoms with E-state index in [1.54, 1.807) is 17.0 Å². The molecule has 1 aliphatic heterocycles. The molecule has 0 aromatic carbocycles. The number of carbonyl (C=O) groups is 2. The lowest BCUT2D eigenvalue weighted by Gasteiger charge is -2.37. The van der Waals surface area contributed by atoms with Gasteiger partial charge < -0.3 is 19.7 Å². The van der Waals surface area contributed by atoms with E-state index in [1.807, 2.05) is 0 Å². The molecule has 0 bridgehead atoms. The highest BCUT2D eigenvalue weighted by atomic mass is 16.3. The molecule has 114 valence electrons. The number of hydrogen-bond donors (Lipinski definition) is 2. The standard InChI is InChI=1S/C15H20N2O4/c18-13(16-10-15(20)6-3-7-15)11-4-1-8-17(11)14(19)12-5-2-9-21-12/h2,5,9,11,20H,1,3-4,6-8,10H2,(H,16,18). The summed E-state index contributed by atoms with van der Waals surface area (Å²) in [4.78, 5) is 26.1. The van der Waals surface area contributed by atoms with Crippen molar-refractivity contribution in [2.24, 2.45) is 0 Å². The molecule has 1 aliphatic carbocycles. The first-order chi connectivity index (χ1) is 10.1. The molecule has 0 radical (unpaired) electrons. The minimum Gasteiger partial charge on any atom is -0.459 e. The van der Waals surface area contributed by atoms with Gasteiger partial charge in [-0.1, -0.05) is 0 Å². The lowest BCUT2D eigenvalue weighted by molar-refractivity contribution is -0.127. The molecule has 21 heavy (non-hydrogen) atoms. The third-order valence-corrected chi connectivity index (χ3v) is 4.42. The van der Waals surface area contributed by atoms with Gasteiger partial charge in [0.25, 0.3) is 5.91 Å². The zero-order valence-corrected chi connectivity index (χ0v) is 11.9. The zero-order valence-electron chi connectivity index (χ0n) is 11.9. The molecule has 6 nitrogen and oxygen atoms in total. The van der Waals surface area contributed by atoms with Gasteiger partial charge in [-0.15, -0.1) is 0 Å². The van der Waals surface area contributed by atoms with E-state index < -0.39 is 11.6 Å². The van der Waals surface area contributed by atoms with E-state index in [2.05, 4.69) is 5.32 Å². The first kappa shape index (κ1) is 14.1. The lowest BCUT2D eigenvalue weighted by Crippen LogP contribution is -2.52. The second-order valence-corrected chi connectivity index (χ2v) is 5.93. The third-order valence-electron chi connectivity index (χ3n) is 4.42. The van der Waals surface area contributed by atoms with Crippen LogP contribution in [-0.2, 0) is 4.79 Å². The summed E-state index contributed by atoms with van der Waals surface area (Å²) in [6.45, 7) is 0.826. The van der Waals surface area contributed by atoms with E-state index >= 15 is 0 Å². The van der Waals surface area contributed by atoms with Gasteiger partial charge in [-0.05, 0) is 44.2 Å². The van der Waals surface area contributed by atoms with E-state index in [9.17, 15) is 14.7 Å². The number of carbonyl (C=O) groups excluding carboxylic acids is 2. The van der Waals surface area contributed by atoms with Crippen molar-refractivity contribution >= 4 is 11.8 Å². The van der Waals surface area contributed by atoms with Crippen molar-refractivity contribution in [3.63, 3.8) is 0 Å². The SMILES string of the molecule is O=C(NCC1(O)CCC1)C1CCCN1C(=O)c1ccco1. The number of furan rings is 1. The number of likely N-dealkylation sites (tertiary alicyclic amines) is 1. The Kier molecular flexibility index (Phi) is 3.71. The Balaban J connectivity index is 1.60.